The zero-order valence-corrected chi connectivity index (χ0v) is 9.53. The number of nitrogens with zero attached hydrogens (tertiary/aromatic N) is 3. The maximum atomic E-state index is 11.1. The Kier molecular flexibility index (Phi) is 2.01. The van der Waals surface area contributed by atoms with Gasteiger partial charge in [0.15, 0.2) is 6.29 Å². The van der Waals surface area contributed by atoms with Gasteiger partial charge in [0.25, 0.3) is 0 Å². The van der Waals surface area contributed by atoms with Crippen LogP contribution in [0, 0.1) is 0 Å². The van der Waals surface area contributed by atoms with Crippen LogP contribution in [-0.2, 0) is 7.05 Å². The lowest BCUT2D eigenvalue weighted by Gasteiger charge is -2.00. The molecule has 1 aliphatic carbocycles. The summed E-state index contributed by atoms with van der Waals surface area (Å²) in [5.74, 6) is 0.475. The van der Waals surface area contributed by atoms with E-state index in [4.69, 9.17) is 11.6 Å². The summed E-state index contributed by atoms with van der Waals surface area (Å²) >= 11 is 6.10. The van der Waals surface area contributed by atoms with Crippen molar-refractivity contribution in [1.82, 2.24) is 14.5 Å². The number of carbonyl (C=O) groups excluding carboxylic acids is 1. The number of carbonyl (C=O) groups is 1. The molecule has 2 aromatic heterocycles. The Balaban J connectivity index is 2.44. The molecule has 0 atom stereocenters. The Morgan fingerprint density at radius 1 is 1.50 bits per heavy atom. The van der Waals surface area contributed by atoms with E-state index in [1.54, 1.807) is 17.9 Å². The van der Waals surface area contributed by atoms with Crippen molar-refractivity contribution in [2.45, 2.75) is 18.8 Å². The lowest BCUT2D eigenvalue weighted by Crippen LogP contribution is -1.93. The molecule has 16 heavy (non-hydrogen) atoms. The number of hydrogen-bond acceptors (Lipinski definition) is 3. The Hall–Kier alpha value is -1.42. The lowest BCUT2D eigenvalue weighted by atomic mass is 10.1. The number of aromatic nitrogens is 3. The zero-order valence-electron chi connectivity index (χ0n) is 8.77. The van der Waals surface area contributed by atoms with Crippen molar-refractivity contribution in [2.75, 3.05) is 0 Å². The highest BCUT2D eigenvalue weighted by Crippen LogP contribution is 2.43. The topological polar surface area (TPSA) is 47.8 Å². The minimum atomic E-state index is 0.437. The van der Waals surface area contributed by atoms with Gasteiger partial charge in [-0.15, -0.1) is 0 Å². The predicted molar refractivity (Wildman–Crippen MR) is 60.9 cm³/mol. The van der Waals surface area contributed by atoms with E-state index in [-0.39, 0.29) is 0 Å². The smallest absolute Gasteiger partial charge is 0.153 e. The van der Waals surface area contributed by atoms with Gasteiger partial charge in [0.1, 0.15) is 17.1 Å². The molecule has 4 nitrogen and oxygen atoms in total. The summed E-state index contributed by atoms with van der Waals surface area (Å²) in [4.78, 5) is 19.6. The third-order valence-corrected chi connectivity index (χ3v) is 3.50. The summed E-state index contributed by atoms with van der Waals surface area (Å²) in [5.41, 5.74) is 2.22. The molecule has 0 radical (unpaired) electrons. The second-order valence-corrected chi connectivity index (χ2v) is 4.47. The van der Waals surface area contributed by atoms with E-state index in [0.29, 0.717) is 16.6 Å². The Labute approximate surface area is 97.3 Å². The van der Waals surface area contributed by atoms with Crippen LogP contribution in [0.3, 0.4) is 0 Å². The van der Waals surface area contributed by atoms with Crippen LogP contribution < -0.4 is 0 Å². The molecule has 2 heterocycles. The predicted octanol–water partition coefficient (Wildman–Crippen LogP) is 2.31. The second-order valence-electron chi connectivity index (χ2n) is 4.11. The first-order valence-corrected chi connectivity index (χ1v) is 5.55. The highest BCUT2D eigenvalue weighted by molar-refractivity contribution is 6.34. The van der Waals surface area contributed by atoms with Crippen LogP contribution in [0.5, 0.6) is 0 Å². The van der Waals surface area contributed by atoms with Crippen LogP contribution in [0.2, 0.25) is 5.15 Å². The van der Waals surface area contributed by atoms with Crippen LogP contribution in [0.1, 0.15) is 34.8 Å². The van der Waals surface area contributed by atoms with Gasteiger partial charge in [0.2, 0.25) is 0 Å². The first-order valence-electron chi connectivity index (χ1n) is 5.18. The summed E-state index contributed by atoms with van der Waals surface area (Å²) in [6, 6.07) is 0. The molecule has 2 aromatic rings. The van der Waals surface area contributed by atoms with Gasteiger partial charge in [-0.3, -0.25) is 4.79 Å². The Morgan fingerprint density at radius 3 is 2.88 bits per heavy atom. The SMILES string of the molecule is Cn1c(Cl)c(C=O)c2c(C3CC3)ncnc21. The van der Waals surface area contributed by atoms with E-state index in [1.165, 1.54) is 0 Å². The molecular formula is C11H10ClN3O. The van der Waals surface area contributed by atoms with Crippen LogP contribution in [-0.4, -0.2) is 20.8 Å². The minimum absolute atomic E-state index is 0.437. The molecule has 5 heteroatoms. The largest absolute Gasteiger partial charge is 0.319 e. The Bertz CT molecular complexity index is 586. The first-order chi connectivity index (χ1) is 7.74. The van der Waals surface area contributed by atoms with Gasteiger partial charge in [0, 0.05) is 13.0 Å². The normalized spacial score (nSPS) is 15.6. The van der Waals surface area contributed by atoms with Crippen LogP contribution in [0.4, 0.5) is 0 Å². The highest BCUT2D eigenvalue weighted by atomic mass is 35.5. The third-order valence-electron chi connectivity index (χ3n) is 3.04. The molecule has 1 aliphatic rings. The molecule has 0 aromatic carbocycles. The molecule has 82 valence electrons. The van der Waals surface area contributed by atoms with Crippen LogP contribution in [0.25, 0.3) is 11.0 Å². The van der Waals surface area contributed by atoms with E-state index < -0.39 is 0 Å². The van der Waals surface area contributed by atoms with Gasteiger partial charge in [-0.25, -0.2) is 9.97 Å². The molecule has 0 bridgehead atoms. The molecule has 1 fully saturated rings. The van der Waals surface area contributed by atoms with E-state index in [9.17, 15) is 4.79 Å². The number of hydrogen-bond donors (Lipinski definition) is 0. The fourth-order valence-corrected chi connectivity index (χ4v) is 2.27. The fraction of sp³-hybridized carbons (Fsp3) is 0.364. The first kappa shape index (κ1) is 9.78. The number of aldehydes is 1. The number of fused-ring (bicyclic) bond motifs is 1. The number of aryl methyl sites for hydroxylation is 1. The van der Waals surface area contributed by atoms with Gasteiger partial charge in [-0.1, -0.05) is 11.6 Å². The molecule has 3 rings (SSSR count). The number of rotatable bonds is 2. The molecule has 0 N–H and O–H groups in total. The third kappa shape index (κ3) is 1.19. The van der Waals surface area contributed by atoms with E-state index in [1.807, 2.05) is 0 Å². The molecule has 0 aliphatic heterocycles. The quantitative estimate of drug-likeness (QED) is 0.751. The lowest BCUT2D eigenvalue weighted by molar-refractivity contribution is 0.112. The fourth-order valence-electron chi connectivity index (χ4n) is 2.05. The van der Waals surface area contributed by atoms with Crippen molar-refractivity contribution >= 4 is 28.9 Å². The van der Waals surface area contributed by atoms with E-state index in [2.05, 4.69) is 9.97 Å². The van der Waals surface area contributed by atoms with Crippen molar-refractivity contribution < 1.29 is 4.79 Å². The number of halogens is 1. The summed E-state index contributed by atoms with van der Waals surface area (Å²) in [6.45, 7) is 0. The van der Waals surface area contributed by atoms with E-state index >= 15 is 0 Å². The van der Waals surface area contributed by atoms with Gasteiger partial charge >= 0.3 is 0 Å². The van der Waals surface area contributed by atoms with Gasteiger partial charge < -0.3 is 4.57 Å². The average Bonchev–Trinajstić information content (AvgIpc) is 3.09. The molecule has 0 spiro atoms. The molecule has 1 saturated carbocycles. The van der Waals surface area contributed by atoms with Crippen LogP contribution in [0.15, 0.2) is 6.33 Å². The molecule has 0 amide bonds. The van der Waals surface area contributed by atoms with Crippen molar-refractivity contribution in [3.05, 3.63) is 22.7 Å². The van der Waals surface area contributed by atoms with Gasteiger partial charge in [-0.05, 0) is 12.8 Å². The molecule has 0 unspecified atom stereocenters. The maximum Gasteiger partial charge on any atom is 0.153 e. The van der Waals surface area contributed by atoms with E-state index in [0.717, 1.165) is 35.9 Å². The van der Waals surface area contributed by atoms with Gasteiger partial charge in [-0.2, -0.15) is 0 Å². The highest BCUT2D eigenvalue weighted by Gasteiger charge is 2.30. The van der Waals surface area contributed by atoms with Crippen molar-refractivity contribution in [3.8, 4) is 0 Å². The van der Waals surface area contributed by atoms with Crippen molar-refractivity contribution in [1.29, 1.82) is 0 Å². The average molecular weight is 236 g/mol. The standard InChI is InChI=1S/C11H10ClN3O/c1-15-10(12)7(4-16)8-9(6-2-3-6)13-5-14-11(8)15/h4-6H,2-3H2,1H3. The summed E-state index contributed by atoms with van der Waals surface area (Å²) in [7, 11) is 1.81. The molecule has 0 saturated heterocycles. The Morgan fingerprint density at radius 2 is 2.25 bits per heavy atom. The maximum absolute atomic E-state index is 11.1. The zero-order chi connectivity index (χ0) is 11.3. The minimum Gasteiger partial charge on any atom is -0.319 e. The second kappa shape index (κ2) is 3.28. The van der Waals surface area contributed by atoms with Crippen LogP contribution >= 0.6 is 11.6 Å². The van der Waals surface area contributed by atoms with Gasteiger partial charge in [0.05, 0.1) is 16.6 Å². The summed E-state index contributed by atoms with van der Waals surface area (Å²) < 4.78 is 1.73. The van der Waals surface area contributed by atoms with Crippen molar-refractivity contribution in [3.63, 3.8) is 0 Å². The summed E-state index contributed by atoms with van der Waals surface area (Å²) in [6.07, 6.45) is 4.61. The van der Waals surface area contributed by atoms with Crippen molar-refractivity contribution in [2.24, 2.45) is 7.05 Å². The molecular weight excluding hydrogens is 226 g/mol. The summed E-state index contributed by atoms with van der Waals surface area (Å²) in [5, 5.41) is 1.26. The monoisotopic (exact) mass is 235 g/mol.